The van der Waals surface area contributed by atoms with Gasteiger partial charge >= 0.3 is 0 Å². The maximum atomic E-state index is 13.9. The van der Waals surface area contributed by atoms with E-state index in [1.807, 2.05) is 38.1 Å². The molecule has 2 aromatic rings. The van der Waals surface area contributed by atoms with Gasteiger partial charge in [-0.1, -0.05) is 35.9 Å². The number of halogens is 1. The molecule has 124 valence electrons. The highest BCUT2D eigenvalue weighted by atomic mass is 19.1. The third-order valence-electron chi connectivity index (χ3n) is 3.47. The van der Waals surface area contributed by atoms with Crippen LogP contribution in [-0.4, -0.2) is 12.5 Å². The molecule has 0 atom stereocenters. The lowest BCUT2D eigenvalue weighted by atomic mass is 10.1. The maximum Gasteiger partial charge on any atom is 0.191 e. The third-order valence-corrected chi connectivity index (χ3v) is 3.47. The Morgan fingerprint density at radius 3 is 2.71 bits per heavy atom. The van der Waals surface area contributed by atoms with E-state index >= 15 is 0 Å². The molecule has 0 radical (unpaired) electrons. The highest BCUT2D eigenvalue weighted by molar-refractivity contribution is 5.79. The first-order chi connectivity index (χ1) is 11.6. The second-order valence-electron chi connectivity index (χ2n) is 5.46. The van der Waals surface area contributed by atoms with Gasteiger partial charge in [-0.2, -0.15) is 5.26 Å². The molecule has 2 rings (SSSR count). The Balaban J connectivity index is 2.03. The first-order valence-corrected chi connectivity index (χ1v) is 7.88. The first kappa shape index (κ1) is 17.5. The molecule has 0 aromatic heterocycles. The number of guanidine groups is 1. The Kier molecular flexibility index (Phi) is 6.32. The van der Waals surface area contributed by atoms with E-state index in [-0.39, 0.29) is 0 Å². The van der Waals surface area contributed by atoms with E-state index < -0.39 is 5.82 Å². The number of benzene rings is 2. The van der Waals surface area contributed by atoms with Crippen LogP contribution in [0.3, 0.4) is 0 Å². The average molecular weight is 324 g/mol. The van der Waals surface area contributed by atoms with Gasteiger partial charge in [0.25, 0.3) is 0 Å². The van der Waals surface area contributed by atoms with Crippen molar-refractivity contribution >= 4 is 5.96 Å². The summed E-state index contributed by atoms with van der Waals surface area (Å²) in [6, 6.07) is 14.6. The summed E-state index contributed by atoms with van der Waals surface area (Å²) in [4.78, 5) is 4.52. The van der Waals surface area contributed by atoms with Crippen molar-refractivity contribution in [3.8, 4) is 6.07 Å². The molecule has 0 bridgehead atoms. The number of nitriles is 1. The minimum atomic E-state index is -0.393. The van der Waals surface area contributed by atoms with Crippen LogP contribution in [0, 0.1) is 24.1 Å². The third kappa shape index (κ3) is 5.10. The number of rotatable bonds is 5. The number of aryl methyl sites for hydroxylation is 1. The Hall–Kier alpha value is -2.87. The van der Waals surface area contributed by atoms with Crippen LogP contribution in [0.2, 0.25) is 0 Å². The van der Waals surface area contributed by atoms with Gasteiger partial charge in [-0.3, -0.25) is 0 Å². The Labute approximate surface area is 142 Å². The van der Waals surface area contributed by atoms with E-state index in [0.717, 1.165) is 12.1 Å². The molecule has 24 heavy (non-hydrogen) atoms. The SMILES string of the molecule is CCNC(=NCc1cccc(C)c1)NCc1ccc(C#N)cc1F. The zero-order valence-electron chi connectivity index (χ0n) is 13.9. The van der Waals surface area contributed by atoms with E-state index in [4.69, 9.17) is 5.26 Å². The van der Waals surface area contributed by atoms with Crippen molar-refractivity contribution in [2.45, 2.75) is 26.9 Å². The summed E-state index contributed by atoms with van der Waals surface area (Å²) >= 11 is 0. The summed E-state index contributed by atoms with van der Waals surface area (Å²) in [6.45, 7) is 5.59. The van der Waals surface area contributed by atoms with Crippen LogP contribution in [0.4, 0.5) is 4.39 Å². The predicted molar refractivity (Wildman–Crippen MR) is 93.9 cm³/mol. The number of hydrogen-bond acceptors (Lipinski definition) is 2. The van der Waals surface area contributed by atoms with Crippen LogP contribution in [-0.2, 0) is 13.1 Å². The molecule has 2 N–H and O–H groups in total. The molecule has 0 aliphatic carbocycles. The van der Waals surface area contributed by atoms with Gasteiger partial charge in [-0.25, -0.2) is 9.38 Å². The van der Waals surface area contributed by atoms with Crippen LogP contribution in [0.25, 0.3) is 0 Å². The molecule has 0 fully saturated rings. The van der Waals surface area contributed by atoms with Gasteiger partial charge < -0.3 is 10.6 Å². The van der Waals surface area contributed by atoms with Crippen LogP contribution in [0.15, 0.2) is 47.5 Å². The lowest BCUT2D eigenvalue weighted by Gasteiger charge is -2.12. The lowest BCUT2D eigenvalue weighted by molar-refractivity contribution is 0.604. The van der Waals surface area contributed by atoms with Crippen molar-refractivity contribution in [1.29, 1.82) is 5.26 Å². The fraction of sp³-hybridized carbons (Fsp3) is 0.263. The minimum Gasteiger partial charge on any atom is -0.357 e. The smallest absolute Gasteiger partial charge is 0.191 e. The van der Waals surface area contributed by atoms with Gasteiger partial charge in [0.2, 0.25) is 0 Å². The Morgan fingerprint density at radius 1 is 1.21 bits per heavy atom. The molecule has 4 nitrogen and oxygen atoms in total. The van der Waals surface area contributed by atoms with Gasteiger partial charge in [0.15, 0.2) is 5.96 Å². The monoisotopic (exact) mass is 324 g/mol. The van der Waals surface area contributed by atoms with Crippen LogP contribution in [0.1, 0.15) is 29.2 Å². The fourth-order valence-electron chi connectivity index (χ4n) is 2.26. The molecule has 5 heteroatoms. The average Bonchev–Trinajstić information content (AvgIpc) is 2.58. The number of hydrogen-bond donors (Lipinski definition) is 2. The van der Waals surface area contributed by atoms with Crippen LogP contribution in [0.5, 0.6) is 0 Å². The minimum absolute atomic E-state index is 0.303. The summed E-state index contributed by atoms with van der Waals surface area (Å²) in [6.07, 6.45) is 0. The summed E-state index contributed by atoms with van der Waals surface area (Å²) in [5.41, 5.74) is 3.13. The first-order valence-electron chi connectivity index (χ1n) is 7.88. The van der Waals surface area contributed by atoms with E-state index in [2.05, 4.69) is 21.7 Å². The van der Waals surface area contributed by atoms with Crippen molar-refractivity contribution in [3.63, 3.8) is 0 Å². The highest BCUT2D eigenvalue weighted by Gasteiger charge is 2.05. The van der Waals surface area contributed by atoms with E-state index in [1.165, 1.54) is 11.6 Å². The second-order valence-corrected chi connectivity index (χ2v) is 5.46. The number of nitrogens with one attached hydrogen (secondary N) is 2. The summed E-state index contributed by atoms with van der Waals surface area (Å²) in [5, 5.41) is 15.0. The van der Waals surface area contributed by atoms with E-state index in [9.17, 15) is 4.39 Å². The summed E-state index contributed by atoms with van der Waals surface area (Å²) in [7, 11) is 0. The van der Waals surface area contributed by atoms with Crippen molar-refractivity contribution in [2.75, 3.05) is 6.54 Å². The topological polar surface area (TPSA) is 60.2 Å². The van der Waals surface area contributed by atoms with E-state index in [0.29, 0.717) is 30.2 Å². The molecule has 0 amide bonds. The van der Waals surface area contributed by atoms with E-state index in [1.54, 1.807) is 12.1 Å². The Morgan fingerprint density at radius 2 is 2.04 bits per heavy atom. The van der Waals surface area contributed by atoms with Crippen molar-refractivity contribution in [3.05, 3.63) is 70.5 Å². The highest BCUT2D eigenvalue weighted by Crippen LogP contribution is 2.10. The van der Waals surface area contributed by atoms with Gasteiger partial charge in [0, 0.05) is 18.7 Å². The molecule has 0 saturated carbocycles. The zero-order chi connectivity index (χ0) is 17.4. The molecule has 0 spiro atoms. The van der Waals surface area contributed by atoms with Gasteiger partial charge in [-0.05, 0) is 31.5 Å². The molecule has 0 aliphatic heterocycles. The van der Waals surface area contributed by atoms with Gasteiger partial charge in [-0.15, -0.1) is 0 Å². The normalized spacial score (nSPS) is 11.0. The molecule has 0 unspecified atom stereocenters. The van der Waals surface area contributed by atoms with Crippen LogP contribution >= 0.6 is 0 Å². The second kappa shape index (κ2) is 8.68. The number of aliphatic imine (C=N–C) groups is 1. The standard InChI is InChI=1S/C19H21FN4/c1-3-22-19(23-12-16-6-4-5-14(2)9-16)24-13-17-8-7-15(11-21)10-18(17)20/h4-10H,3,12-13H2,1-2H3,(H2,22,23,24). The Bertz CT molecular complexity index is 762. The molecule has 0 saturated heterocycles. The molecular weight excluding hydrogens is 303 g/mol. The fourth-order valence-corrected chi connectivity index (χ4v) is 2.26. The van der Waals surface area contributed by atoms with Crippen molar-refractivity contribution in [1.82, 2.24) is 10.6 Å². The quantitative estimate of drug-likeness (QED) is 0.655. The summed E-state index contributed by atoms with van der Waals surface area (Å²) in [5.74, 6) is 0.235. The molecule has 2 aromatic carbocycles. The lowest BCUT2D eigenvalue weighted by Crippen LogP contribution is -2.37. The predicted octanol–water partition coefficient (Wildman–Crippen LogP) is 3.26. The largest absolute Gasteiger partial charge is 0.357 e. The molecule has 0 heterocycles. The van der Waals surface area contributed by atoms with Crippen molar-refractivity contribution < 1.29 is 4.39 Å². The zero-order valence-corrected chi connectivity index (χ0v) is 13.9. The van der Waals surface area contributed by atoms with Gasteiger partial charge in [0.05, 0.1) is 18.2 Å². The molecule has 0 aliphatic rings. The molecular formula is C19H21FN4. The van der Waals surface area contributed by atoms with Crippen LogP contribution < -0.4 is 10.6 Å². The van der Waals surface area contributed by atoms with Gasteiger partial charge in [0.1, 0.15) is 5.82 Å². The summed E-state index contributed by atoms with van der Waals surface area (Å²) < 4.78 is 13.9. The maximum absolute atomic E-state index is 13.9. The number of nitrogens with zero attached hydrogens (tertiary/aromatic N) is 2. The van der Waals surface area contributed by atoms with Crippen molar-refractivity contribution in [2.24, 2.45) is 4.99 Å².